The van der Waals surface area contributed by atoms with E-state index in [4.69, 9.17) is 4.42 Å². The molecule has 55 heavy (non-hydrogen) atoms. The van der Waals surface area contributed by atoms with Crippen LogP contribution in [0.2, 0.25) is 0 Å². The third-order valence-corrected chi connectivity index (χ3v) is 12.0. The van der Waals surface area contributed by atoms with Gasteiger partial charge in [-0.25, -0.2) is 0 Å². The zero-order valence-corrected chi connectivity index (χ0v) is 30.6. The number of furan rings is 1. The van der Waals surface area contributed by atoms with Gasteiger partial charge in [-0.15, -0.1) is 11.3 Å². The van der Waals surface area contributed by atoms with Gasteiger partial charge in [0, 0.05) is 53.4 Å². The molecule has 0 atom stereocenters. The number of hydrogen-bond donors (Lipinski definition) is 0. The average molecular weight is 720 g/mol. The number of thiophene rings is 1. The van der Waals surface area contributed by atoms with Gasteiger partial charge in [0.1, 0.15) is 11.2 Å². The summed E-state index contributed by atoms with van der Waals surface area (Å²) in [5, 5.41) is 7.18. The van der Waals surface area contributed by atoms with E-state index in [9.17, 15) is 0 Å². The van der Waals surface area contributed by atoms with Gasteiger partial charge in [-0.2, -0.15) is 0 Å². The molecule has 0 aliphatic carbocycles. The van der Waals surface area contributed by atoms with Crippen LogP contribution in [0.4, 0.5) is 17.1 Å². The minimum Gasteiger partial charge on any atom is -0.455 e. The number of nitrogens with zero attached hydrogens (tertiary/aromatic N) is 1. The molecular weight excluding hydrogens is 687 g/mol. The van der Waals surface area contributed by atoms with Crippen molar-refractivity contribution in [2.75, 3.05) is 4.90 Å². The number of benzene rings is 9. The topological polar surface area (TPSA) is 16.4 Å². The molecule has 0 N–H and O–H groups in total. The van der Waals surface area contributed by atoms with Gasteiger partial charge >= 0.3 is 0 Å². The van der Waals surface area contributed by atoms with Crippen molar-refractivity contribution in [1.29, 1.82) is 0 Å². The Hall–Kier alpha value is -6.94. The van der Waals surface area contributed by atoms with Gasteiger partial charge in [0.15, 0.2) is 0 Å². The Labute approximate surface area is 322 Å². The molecule has 0 amide bonds. The van der Waals surface area contributed by atoms with Crippen LogP contribution in [0.25, 0.3) is 86.3 Å². The van der Waals surface area contributed by atoms with E-state index in [1.165, 1.54) is 47.8 Å². The van der Waals surface area contributed by atoms with E-state index in [0.29, 0.717) is 0 Å². The van der Waals surface area contributed by atoms with Gasteiger partial charge in [-0.05, 0) is 105 Å². The van der Waals surface area contributed by atoms with Gasteiger partial charge in [-0.3, -0.25) is 0 Å². The molecule has 2 heterocycles. The molecule has 0 spiro atoms. The number of anilines is 3. The fraction of sp³-hybridized carbons (Fsp3) is 0. The van der Waals surface area contributed by atoms with Crippen molar-refractivity contribution >= 4 is 81.3 Å². The highest BCUT2D eigenvalue weighted by atomic mass is 32.1. The maximum atomic E-state index is 6.53. The number of rotatable bonds is 6. The average Bonchev–Trinajstić information content (AvgIpc) is 3.83. The molecule has 0 unspecified atom stereocenters. The maximum absolute atomic E-state index is 6.53. The van der Waals surface area contributed by atoms with Gasteiger partial charge < -0.3 is 9.32 Å². The second-order valence-electron chi connectivity index (χ2n) is 14.1. The molecule has 11 aromatic rings. The van der Waals surface area contributed by atoms with E-state index in [2.05, 4.69) is 205 Å². The fourth-order valence-corrected chi connectivity index (χ4v) is 9.28. The Balaban J connectivity index is 1.02. The lowest BCUT2D eigenvalue weighted by Gasteiger charge is -2.26. The van der Waals surface area contributed by atoms with Crippen LogP contribution in [0.15, 0.2) is 205 Å². The van der Waals surface area contributed by atoms with Crippen LogP contribution in [0.3, 0.4) is 0 Å². The third kappa shape index (κ3) is 5.40. The maximum Gasteiger partial charge on any atom is 0.143 e. The van der Waals surface area contributed by atoms with E-state index in [1.807, 2.05) is 11.3 Å². The summed E-state index contributed by atoms with van der Waals surface area (Å²) in [6.45, 7) is 0. The van der Waals surface area contributed by atoms with Crippen LogP contribution < -0.4 is 4.90 Å². The molecule has 3 heteroatoms. The highest BCUT2D eigenvalue weighted by Crippen LogP contribution is 2.43. The standard InChI is InChI=1S/C52H33NOS/c1-2-10-34(11-3-1)38-13-8-14-39(32-38)35-20-25-40(26-21-35)53(42-29-31-50-47(33-42)45-16-6-7-19-49(45)55-50)41-27-22-37(23-28-41)43-17-9-18-48-51(43)46-30-24-36-12-4-5-15-44(36)52(46)54-48/h1-33H. The van der Waals surface area contributed by atoms with Crippen molar-refractivity contribution in [3.8, 4) is 33.4 Å². The van der Waals surface area contributed by atoms with Crippen molar-refractivity contribution in [2.24, 2.45) is 0 Å². The van der Waals surface area contributed by atoms with Crippen molar-refractivity contribution in [1.82, 2.24) is 0 Å². The SMILES string of the molecule is c1ccc(-c2cccc(-c3ccc(N(c4ccc(-c5cccc6oc7c8ccccc8ccc7c56)cc4)c4ccc5sc6ccccc6c5c4)cc3)c2)cc1. The fourth-order valence-electron chi connectivity index (χ4n) is 8.20. The second kappa shape index (κ2) is 12.9. The lowest BCUT2D eigenvalue weighted by Crippen LogP contribution is -2.09. The monoisotopic (exact) mass is 719 g/mol. The van der Waals surface area contributed by atoms with Crippen molar-refractivity contribution in [2.45, 2.75) is 0 Å². The Morgan fingerprint density at radius 1 is 0.364 bits per heavy atom. The van der Waals surface area contributed by atoms with Crippen LogP contribution >= 0.6 is 11.3 Å². The minimum atomic E-state index is 0.903. The molecule has 2 nitrogen and oxygen atoms in total. The van der Waals surface area contributed by atoms with E-state index in [-0.39, 0.29) is 0 Å². The lowest BCUT2D eigenvalue weighted by molar-refractivity contribution is 0.673. The minimum absolute atomic E-state index is 0.903. The third-order valence-electron chi connectivity index (χ3n) is 10.9. The van der Waals surface area contributed by atoms with Crippen molar-refractivity contribution in [3.05, 3.63) is 200 Å². The number of fused-ring (bicyclic) bond motifs is 8. The Morgan fingerprint density at radius 3 is 1.78 bits per heavy atom. The summed E-state index contributed by atoms with van der Waals surface area (Å²) in [4.78, 5) is 2.37. The summed E-state index contributed by atoms with van der Waals surface area (Å²) in [6.07, 6.45) is 0. The highest BCUT2D eigenvalue weighted by Gasteiger charge is 2.18. The first-order chi connectivity index (χ1) is 27.2. The van der Waals surface area contributed by atoms with Crippen LogP contribution in [-0.2, 0) is 0 Å². The highest BCUT2D eigenvalue weighted by molar-refractivity contribution is 7.25. The Morgan fingerprint density at radius 2 is 0.982 bits per heavy atom. The zero-order valence-electron chi connectivity index (χ0n) is 29.8. The molecule has 0 radical (unpaired) electrons. The van der Waals surface area contributed by atoms with Crippen LogP contribution in [-0.4, -0.2) is 0 Å². The second-order valence-corrected chi connectivity index (χ2v) is 15.2. The van der Waals surface area contributed by atoms with E-state index < -0.39 is 0 Å². The van der Waals surface area contributed by atoms with Crippen LogP contribution in [0.5, 0.6) is 0 Å². The molecule has 0 saturated carbocycles. The van der Waals surface area contributed by atoms with Gasteiger partial charge in [0.2, 0.25) is 0 Å². The molecule has 0 bridgehead atoms. The van der Waals surface area contributed by atoms with Gasteiger partial charge in [-0.1, -0.05) is 133 Å². The summed E-state index contributed by atoms with van der Waals surface area (Å²) >= 11 is 1.85. The quantitative estimate of drug-likeness (QED) is 0.170. The van der Waals surface area contributed by atoms with E-state index >= 15 is 0 Å². The summed E-state index contributed by atoms with van der Waals surface area (Å²) in [5.74, 6) is 0. The predicted octanol–water partition coefficient (Wildman–Crippen LogP) is 15.6. The Bertz CT molecular complexity index is 3190. The zero-order chi connectivity index (χ0) is 36.3. The molecule has 9 aromatic carbocycles. The summed E-state index contributed by atoms with van der Waals surface area (Å²) in [6, 6.07) is 72.2. The van der Waals surface area contributed by atoms with Crippen molar-refractivity contribution in [3.63, 3.8) is 0 Å². The number of hydrogen-bond acceptors (Lipinski definition) is 3. The van der Waals surface area contributed by atoms with E-state index in [0.717, 1.165) is 55.5 Å². The molecule has 258 valence electrons. The first kappa shape index (κ1) is 31.6. The summed E-state index contributed by atoms with van der Waals surface area (Å²) in [7, 11) is 0. The van der Waals surface area contributed by atoms with Crippen molar-refractivity contribution < 1.29 is 4.42 Å². The molecule has 11 rings (SSSR count). The first-order valence-corrected chi connectivity index (χ1v) is 19.5. The van der Waals surface area contributed by atoms with Crippen LogP contribution in [0, 0.1) is 0 Å². The molecule has 0 aliphatic heterocycles. The normalized spacial score (nSPS) is 11.6. The Kier molecular flexibility index (Phi) is 7.39. The molecule has 0 fully saturated rings. The summed E-state index contributed by atoms with van der Waals surface area (Å²) in [5.41, 5.74) is 12.3. The molecule has 0 saturated heterocycles. The lowest BCUT2D eigenvalue weighted by atomic mass is 9.97. The van der Waals surface area contributed by atoms with Crippen LogP contribution in [0.1, 0.15) is 0 Å². The molecule has 0 aliphatic rings. The largest absolute Gasteiger partial charge is 0.455 e. The van der Waals surface area contributed by atoms with Gasteiger partial charge in [0.25, 0.3) is 0 Å². The molecule has 2 aromatic heterocycles. The smallest absolute Gasteiger partial charge is 0.143 e. The van der Waals surface area contributed by atoms with Gasteiger partial charge in [0.05, 0.1) is 0 Å². The molecular formula is C52H33NOS. The van der Waals surface area contributed by atoms with E-state index in [1.54, 1.807) is 0 Å². The predicted molar refractivity (Wildman–Crippen MR) is 235 cm³/mol. The first-order valence-electron chi connectivity index (χ1n) is 18.7. The summed E-state index contributed by atoms with van der Waals surface area (Å²) < 4.78 is 9.13.